The standard InChI is InChI=1S/C16H25NO2.ClH/c1-10(17-19)11-8-12(15(2,3)4)14(18)13(9-11)16(5,6)7;/h8-9,18-19H,1-7H3;1H/b17-10+;. The molecule has 2 N–H and O–H groups in total. The minimum atomic E-state index is -0.171. The van der Waals surface area contributed by atoms with Gasteiger partial charge < -0.3 is 10.3 Å². The highest BCUT2D eigenvalue weighted by Gasteiger charge is 2.26. The second-order valence-electron chi connectivity index (χ2n) is 7.11. The molecule has 0 bridgehead atoms. The van der Waals surface area contributed by atoms with Gasteiger partial charge in [-0.25, -0.2) is 0 Å². The fraction of sp³-hybridized carbons (Fsp3) is 0.562. The van der Waals surface area contributed by atoms with Crippen LogP contribution in [0.4, 0.5) is 0 Å². The molecule has 0 atom stereocenters. The Bertz CT molecular complexity index is 473. The molecule has 0 radical (unpaired) electrons. The van der Waals surface area contributed by atoms with E-state index in [4.69, 9.17) is 5.21 Å². The van der Waals surface area contributed by atoms with Crippen molar-refractivity contribution in [1.29, 1.82) is 0 Å². The van der Waals surface area contributed by atoms with Gasteiger partial charge in [0.05, 0.1) is 5.71 Å². The molecule has 1 aromatic carbocycles. The number of benzene rings is 1. The van der Waals surface area contributed by atoms with Gasteiger partial charge in [-0.1, -0.05) is 46.7 Å². The van der Waals surface area contributed by atoms with Gasteiger partial charge in [0.25, 0.3) is 0 Å². The Morgan fingerprint density at radius 3 is 1.55 bits per heavy atom. The first-order valence-corrected chi connectivity index (χ1v) is 6.55. The molecule has 20 heavy (non-hydrogen) atoms. The lowest BCUT2D eigenvalue weighted by Crippen LogP contribution is -2.18. The van der Waals surface area contributed by atoms with E-state index in [9.17, 15) is 5.11 Å². The summed E-state index contributed by atoms with van der Waals surface area (Å²) in [6.07, 6.45) is 0. The number of aromatic hydroxyl groups is 1. The van der Waals surface area contributed by atoms with Crippen LogP contribution in [0.3, 0.4) is 0 Å². The summed E-state index contributed by atoms with van der Waals surface area (Å²) < 4.78 is 0. The number of hydrogen-bond acceptors (Lipinski definition) is 3. The van der Waals surface area contributed by atoms with E-state index in [0.717, 1.165) is 16.7 Å². The molecular weight excluding hydrogens is 274 g/mol. The first-order chi connectivity index (χ1) is 8.48. The molecule has 0 fully saturated rings. The number of rotatable bonds is 1. The summed E-state index contributed by atoms with van der Waals surface area (Å²) in [6, 6.07) is 3.80. The zero-order valence-electron chi connectivity index (χ0n) is 13.4. The van der Waals surface area contributed by atoms with Crippen LogP contribution in [0, 0.1) is 0 Å². The lowest BCUT2D eigenvalue weighted by Gasteiger charge is -2.28. The van der Waals surface area contributed by atoms with E-state index < -0.39 is 0 Å². The number of nitrogens with zero attached hydrogens (tertiary/aromatic N) is 1. The van der Waals surface area contributed by atoms with E-state index in [2.05, 4.69) is 46.7 Å². The molecule has 0 aromatic heterocycles. The van der Waals surface area contributed by atoms with Crippen LogP contribution in [0.15, 0.2) is 17.3 Å². The fourth-order valence-corrected chi connectivity index (χ4v) is 2.04. The van der Waals surface area contributed by atoms with Crippen molar-refractivity contribution in [1.82, 2.24) is 0 Å². The minimum absolute atomic E-state index is 0. The number of hydrogen-bond donors (Lipinski definition) is 2. The van der Waals surface area contributed by atoms with Crippen molar-refractivity contribution in [2.45, 2.75) is 59.3 Å². The number of phenolic OH excluding ortho intramolecular Hbond substituents is 1. The Morgan fingerprint density at radius 1 is 0.950 bits per heavy atom. The van der Waals surface area contributed by atoms with Gasteiger partial charge in [-0.15, -0.1) is 12.4 Å². The quantitative estimate of drug-likeness (QED) is 0.452. The first-order valence-electron chi connectivity index (χ1n) is 6.55. The van der Waals surface area contributed by atoms with E-state index in [1.165, 1.54) is 0 Å². The summed E-state index contributed by atoms with van der Waals surface area (Å²) in [5.74, 6) is 0.342. The van der Waals surface area contributed by atoms with Gasteiger partial charge in [-0.3, -0.25) is 0 Å². The maximum absolute atomic E-state index is 10.5. The van der Waals surface area contributed by atoms with Crippen molar-refractivity contribution in [3.8, 4) is 5.75 Å². The Kier molecular flexibility index (Phi) is 5.68. The highest BCUT2D eigenvalue weighted by atomic mass is 35.5. The summed E-state index contributed by atoms with van der Waals surface area (Å²) in [5.41, 5.74) is 2.80. The Hall–Kier alpha value is -1.22. The van der Waals surface area contributed by atoms with Gasteiger partial charge in [0.1, 0.15) is 5.75 Å². The molecular formula is C16H26ClNO2. The van der Waals surface area contributed by atoms with Gasteiger partial charge in [0.2, 0.25) is 0 Å². The van der Waals surface area contributed by atoms with Gasteiger partial charge >= 0.3 is 0 Å². The molecule has 0 unspecified atom stereocenters. The van der Waals surface area contributed by atoms with Crippen LogP contribution < -0.4 is 0 Å². The summed E-state index contributed by atoms with van der Waals surface area (Å²) >= 11 is 0. The molecule has 0 aliphatic carbocycles. The molecule has 4 heteroatoms. The maximum atomic E-state index is 10.5. The zero-order chi connectivity index (χ0) is 15.0. The number of phenols is 1. The maximum Gasteiger partial charge on any atom is 0.123 e. The Morgan fingerprint density at radius 2 is 1.30 bits per heavy atom. The van der Waals surface area contributed by atoms with E-state index >= 15 is 0 Å². The lowest BCUT2D eigenvalue weighted by atomic mass is 9.78. The molecule has 1 aromatic rings. The molecule has 0 saturated heterocycles. The fourth-order valence-electron chi connectivity index (χ4n) is 2.04. The third-order valence-corrected chi connectivity index (χ3v) is 3.29. The summed E-state index contributed by atoms with van der Waals surface area (Å²) in [7, 11) is 0. The average Bonchev–Trinajstić information content (AvgIpc) is 2.25. The van der Waals surface area contributed by atoms with Gasteiger partial charge in [-0.05, 0) is 35.4 Å². The van der Waals surface area contributed by atoms with Crippen molar-refractivity contribution >= 4 is 18.1 Å². The normalized spacial score (nSPS) is 13.1. The third-order valence-electron chi connectivity index (χ3n) is 3.29. The molecule has 0 aliphatic rings. The van der Waals surface area contributed by atoms with Crippen LogP contribution in [0.25, 0.3) is 0 Å². The van der Waals surface area contributed by atoms with E-state index in [1.54, 1.807) is 6.92 Å². The highest BCUT2D eigenvalue weighted by Crippen LogP contribution is 2.39. The van der Waals surface area contributed by atoms with Gasteiger partial charge in [0.15, 0.2) is 0 Å². The van der Waals surface area contributed by atoms with Crippen LogP contribution in [0.5, 0.6) is 5.75 Å². The number of oxime groups is 1. The van der Waals surface area contributed by atoms with Crippen molar-refractivity contribution in [2.75, 3.05) is 0 Å². The molecule has 3 nitrogen and oxygen atoms in total. The second kappa shape index (κ2) is 6.04. The van der Waals surface area contributed by atoms with E-state index in [-0.39, 0.29) is 23.2 Å². The predicted octanol–water partition coefficient (Wildman–Crippen LogP) is 4.61. The summed E-state index contributed by atoms with van der Waals surface area (Å²) in [4.78, 5) is 0. The van der Waals surface area contributed by atoms with Crippen LogP contribution in [0.2, 0.25) is 0 Å². The SMILES string of the molecule is C/C(=N\O)c1cc(C(C)(C)C)c(O)c(C(C)(C)C)c1.Cl. The van der Waals surface area contributed by atoms with Crippen molar-refractivity contribution in [3.63, 3.8) is 0 Å². The average molecular weight is 300 g/mol. The van der Waals surface area contributed by atoms with E-state index in [1.807, 2.05) is 12.1 Å². The smallest absolute Gasteiger partial charge is 0.123 e. The molecule has 0 heterocycles. The third kappa shape index (κ3) is 3.89. The molecule has 0 saturated carbocycles. The molecule has 0 aliphatic heterocycles. The Labute approximate surface area is 128 Å². The van der Waals surface area contributed by atoms with Crippen molar-refractivity contribution < 1.29 is 10.3 Å². The molecule has 0 amide bonds. The lowest BCUT2D eigenvalue weighted by molar-refractivity contribution is 0.319. The van der Waals surface area contributed by atoms with Crippen LogP contribution >= 0.6 is 12.4 Å². The van der Waals surface area contributed by atoms with Gasteiger partial charge in [0, 0.05) is 11.1 Å². The minimum Gasteiger partial charge on any atom is -0.507 e. The Balaban J connectivity index is 0.00000361. The molecule has 0 spiro atoms. The zero-order valence-corrected chi connectivity index (χ0v) is 14.2. The van der Waals surface area contributed by atoms with E-state index in [0.29, 0.717) is 11.5 Å². The largest absolute Gasteiger partial charge is 0.507 e. The van der Waals surface area contributed by atoms with Crippen molar-refractivity contribution in [3.05, 3.63) is 28.8 Å². The van der Waals surface area contributed by atoms with Gasteiger partial charge in [-0.2, -0.15) is 0 Å². The molecule has 1 rings (SSSR count). The van der Waals surface area contributed by atoms with Crippen LogP contribution in [0.1, 0.15) is 65.2 Å². The van der Waals surface area contributed by atoms with Crippen molar-refractivity contribution in [2.24, 2.45) is 5.16 Å². The number of halogens is 1. The monoisotopic (exact) mass is 299 g/mol. The highest BCUT2D eigenvalue weighted by molar-refractivity contribution is 5.99. The summed E-state index contributed by atoms with van der Waals surface area (Å²) in [5, 5.41) is 22.8. The molecule has 114 valence electrons. The van der Waals surface area contributed by atoms with Crippen LogP contribution in [-0.4, -0.2) is 16.0 Å². The first kappa shape index (κ1) is 18.8. The second-order valence-corrected chi connectivity index (χ2v) is 7.11. The topological polar surface area (TPSA) is 52.8 Å². The predicted molar refractivity (Wildman–Crippen MR) is 86.8 cm³/mol. The summed E-state index contributed by atoms with van der Waals surface area (Å²) in [6.45, 7) is 14.1. The van der Waals surface area contributed by atoms with Crippen LogP contribution in [-0.2, 0) is 10.8 Å².